The summed E-state index contributed by atoms with van der Waals surface area (Å²) in [6.07, 6.45) is 0.621. The SMILES string of the molecule is CC[C@H](C(=O)Nc1cc(=O)[nH]c2nc(-c3ccc(Cl)cc3)nn12)c1ccccc1. The maximum Gasteiger partial charge on any atom is 0.254 e. The summed E-state index contributed by atoms with van der Waals surface area (Å²) >= 11 is 5.93. The Balaban J connectivity index is 1.70. The van der Waals surface area contributed by atoms with Crippen molar-refractivity contribution in [2.24, 2.45) is 0 Å². The van der Waals surface area contributed by atoms with Crippen molar-refractivity contribution in [1.82, 2.24) is 19.6 Å². The molecule has 0 fully saturated rings. The third-order valence-corrected chi connectivity index (χ3v) is 4.87. The molecule has 2 N–H and O–H groups in total. The Bertz CT molecular complexity index is 1220. The lowest BCUT2D eigenvalue weighted by Gasteiger charge is -2.15. The molecule has 0 saturated heterocycles. The van der Waals surface area contributed by atoms with Crippen molar-refractivity contribution in [2.75, 3.05) is 5.32 Å². The molecule has 1 amide bonds. The van der Waals surface area contributed by atoms with Gasteiger partial charge in [0.2, 0.25) is 11.7 Å². The monoisotopic (exact) mass is 407 g/mol. The number of amides is 1. The van der Waals surface area contributed by atoms with Gasteiger partial charge in [0, 0.05) is 16.7 Å². The minimum Gasteiger partial charge on any atom is -0.310 e. The number of carbonyl (C=O) groups excluding carboxylic acids is 1. The molecule has 7 nitrogen and oxygen atoms in total. The summed E-state index contributed by atoms with van der Waals surface area (Å²) in [6.45, 7) is 1.94. The number of halogens is 1. The van der Waals surface area contributed by atoms with Crippen LogP contribution in [0.5, 0.6) is 0 Å². The van der Waals surface area contributed by atoms with Crippen molar-refractivity contribution in [3.05, 3.63) is 81.6 Å². The molecule has 0 aliphatic carbocycles. The van der Waals surface area contributed by atoms with E-state index in [-0.39, 0.29) is 29.0 Å². The number of fused-ring (bicyclic) bond motifs is 1. The number of H-pyrrole nitrogens is 1. The van der Waals surface area contributed by atoms with Gasteiger partial charge in [-0.1, -0.05) is 48.9 Å². The molecule has 4 aromatic rings. The van der Waals surface area contributed by atoms with E-state index in [2.05, 4.69) is 20.4 Å². The zero-order valence-corrected chi connectivity index (χ0v) is 16.3. The predicted molar refractivity (Wildman–Crippen MR) is 112 cm³/mol. The van der Waals surface area contributed by atoms with E-state index in [0.29, 0.717) is 17.3 Å². The number of rotatable bonds is 5. The average Bonchev–Trinajstić information content (AvgIpc) is 3.14. The highest BCUT2D eigenvalue weighted by Crippen LogP contribution is 2.22. The number of carbonyl (C=O) groups is 1. The Kier molecular flexibility index (Phi) is 5.14. The Labute approximate surface area is 171 Å². The van der Waals surface area contributed by atoms with Gasteiger partial charge in [-0.25, -0.2) is 0 Å². The maximum absolute atomic E-state index is 12.9. The fourth-order valence-corrected chi connectivity index (χ4v) is 3.30. The number of aromatic amines is 1. The van der Waals surface area contributed by atoms with Crippen LogP contribution in [0.3, 0.4) is 0 Å². The number of hydrogen-bond acceptors (Lipinski definition) is 4. The molecule has 2 heterocycles. The van der Waals surface area contributed by atoms with Crippen LogP contribution in [0.25, 0.3) is 17.2 Å². The van der Waals surface area contributed by atoms with Gasteiger partial charge in [0.1, 0.15) is 5.82 Å². The first-order valence-corrected chi connectivity index (χ1v) is 9.55. The van der Waals surface area contributed by atoms with Gasteiger partial charge in [-0.2, -0.15) is 9.50 Å². The van der Waals surface area contributed by atoms with Crippen molar-refractivity contribution < 1.29 is 4.79 Å². The lowest BCUT2D eigenvalue weighted by Crippen LogP contribution is -2.24. The van der Waals surface area contributed by atoms with Crippen LogP contribution >= 0.6 is 11.6 Å². The minimum atomic E-state index is -0.379. The van der Waals surface area contributed by atoms with Crippen LogP contribution in [0.2, 0.25) is 5.02 Å². The fraction of sp³-hybridized carbons (Fsp3) is 0.143. The average molecular weight is 408 g/mol. The van der Waals surface area contributed by atoms with Crippen LogP contribution < -0.4 is 10.9 Å². The van der Waals surface area contributed by atoms with E-state index in [1.807, 2.05) is 37.3 Å². The van der Waals surface area contributed by atoms with Crippen LogP contribution in [0.4, 0.5) is 5.82 Å². The summed E-state index contributed by atoms with van der Waals surface area (Å²) in [4.78, 5) is 32.0. The molecule has 0 bridgehead atoms. The smallest absolute Gasteiger partial charge is 0.254 e. The van der Waals surface area contributed by atoms with Crippen LogP contribution in [0.1, 0.15) is 24.8 Å². The molecule has 2 aromatic carbocycles. The largest absolute Gasteiger partial charge is 0.310 e. The van der Waals surface area contributed by atoms with Gasteiger partial charge in [-0.15, -0.1) is 5.10 Å². The molecule has 8 heteroatoms. The molecule has 0 saturated carbocycles. The second-order valence-corrected chi connectivity index (χ2v) is 6.99. The van der Waals surface area contributed by atoms with E-state index < -0.39 is 0 Å². The van der Waals surface area contributed by atoms with Gasteiger partial charge in [-0.05, 0) is 36.2 Å². The number of nitrogens with zero attached hydrogens (tertiary/aromatic N) is 3. The first kappa shape index (κ1) is 18.9. The van der Waals surface area contributed by atoms with E-state index in [0.717, 1.165) is 11.1 Å². The number of hydrogen-bond donors (Lipinski definition) is 2. The highest BCUT2D eigenvalue weighted by Gasteiger charge is 2.20. The molecule has 0 unspecified atom stereocenters. The molecular weight excluding hydrogens is 390 g/mol. The Morgan fingerprint density at radius 2 is 1.90 bits per heavy atom. The second kappa shape index (κ2) is 7.89. The van der Waals surface area contributed by atoms with E-state index in [4.69, 9.17) is 11.6 Å². The molecule has 0 spiro atoms. The van der Waals surface area contributed by atoms with E-state index >= 15 is 0 Å². The number of aromatic nitrogens is 4. The summed E-state index contributed by atoms with van der Waals surface area (Å²) in [5.41, 5.74) is 1.27. The topological polar surface area (TPSA) is 92.1 Å². The lowest BCUT2D eigenvalue weighted by atomic mass is 9.96. The molecule has 1 atom stereocenters. The summed E-state index contributed by atoms with van der Waals surface area (Å²) in [5.74, 6) is 0.356. The van der Waals surface area contributed by atoms with E-state index in [1.165, 1.54) is 10.6 Å². The quantitative estimate of drug-likeness (QED) is 0.525. The molecule has 0 aliphatic rings. The minimum absolute atomic E-state index is 0.214. The van der Waals surface area contributed by atoms with E-state index in [1.54, 1.807) is 24.3 Å². The van der Waals surface area contributed by atoms with Crippen LogP contribution in [-0.4, -0.2) is 25.5 Å². The lowest BCUT2D eigenvalue weighted by molar-refractivity contribution is -0.117. The van der Waals surface area contributed by atoms with Gasteiger partial charge in [0.15, 0.2) is 5.82 Å². The maximum atomic E-state index is 12.9. The summed E-state index contributed by atoms with van der Waals surface area (Å²) in [6, 6.07) is 17.9. The van der Waals surface area contributed by atoms with Gasteiger partial charge < -0.3 is 5.32 Å². The number of anilines is 1. The Morgan fingerprint density at radius 3 is 2.59 bits per heavy atom. The fourth-order valence-electron chi connectivity index (χ4n) is 3.17. The third kappa shape index (κ3) is 3.90. The van der Waals surface area contributed by atoms with Crippen molar-refractivity contribution in [1.29, 1.82) is 0 Å². The second-order valence-electron chi connectivity index (χ2n) is 6.56. The number of nitrogens with one attached hydrogen (secondary N) is 2. The summed E-state index contributed by atoms with van der Waals surface area (Å²) < 4.78 is 1.42. The van der Waals surface area contributed by atoms with Crippen molar-refractivity contribution in [3.63, 3.8) is 0 Å². The predicted octanol–water partition coefficient (Wildman–Crippen LogP) is 3.87. The van der Waals surface area contributed by atoms with Crippen LogP contribution in [-0.2, 0) is 4.79 Å². The third-order valence-electron chi connectivity index (χ3n) is 4.62. The zero-order chi connectivity index (χ0) is 20.4. The molecule has 29 heavy (non-hydrogen) atoms. The molecule has 146 valence electrons. The van der Waals surface area contributed by atoms with Gasteiger partial charge >= 0.3 is 0 Å². The van der Waals surface area contributed by atoms with Crippen LogP contribution in [0.15, 0.2) is 65.5 Å². The highest BCUT2D eigenvalue weighted by atomic mass is 35.5. The zero-order valence-electron chi connectivity index (χ0n) is 15.6. The Morgan fingerprint density at radius 1 is 1.17 bits per heavy atom. The Hall–Kier alpha value is -3.45. The summed E-state index contributed by atoms with van der Waals surface area (Å²) in [7, 11) is 0. The van der Waals surface area contributed by atoms with Gasteiger partial charge in [0.05, 0.1) is 5.92 Å². The van der Waals surface area contributed by atoms with E-state index in [9.17, 15) is 9.59 Å². The molecule has 2 aromatic heterocycles. The van der Waals surface area contributed by atoms with Gasteiger partial charge in [-0.3, -0.25) is 14.6 Å². The molecule has 0 aliphatic heterocycles. The molecular formula is C21H18ClN5O2. The summed E-state index contributed by atoms with van der Waals surface area (Å²) in [5, 5.41) is 7.87. The van der Waals surface area contributed by atoms with Crippen molar-refractivity contribution in [3.8, 4) is 11.4 Å². The van der Waals surface area contributed by atoms with Gasteiger partial charge in [0.25, 0.3) is 5.56 Å². The highest BCUT2D eigenvalue weighted by molar-refractivity contribution is 6.30. The first-order valence-electron chi connectivity index (χ1n) is 9.17. The molecule has 0 radical (unpaired) electrons. The standard InChI is InChI=1S/C21H18ClN5O2/c1-2-16(13-6-4-3-5-7-13)20(29)23-17-12-18(28)24-21-25-19(26-27(17)21)14-8-10-15(22)11-9-14/h3-12,16H,2H2,1H3,(H,23,29)(H,24,25,26,28)/t16-/m0/s1. The first-order chi connectivity index (χ1) is 14.0. The normalized spacial score (nSPS) is 12.1. The molecule has 4 rings (SSSR count). The number of benzene rings is 2. The van der Waals surface area contributed by atoms with Crippen molar-refractivity contribution >= 4 is 29.1 Å². The van der Waals surface area contributed by atoms with Crippen LogP contribution in [0, 0.1) is 0 Å². The van der Waals surface area contributed by atoms with Crippen molar-refractivity contribution in [2.45, 2.75) is 19.3 Å².